The van der Waals surface area contributed by atoms with Gasteiger partial charge < -0.3 is 18.8 Å². The lowest BCUT2D eigenvalue weighted by Gasteiger charge is -2.31. The van der Waals surface area contributed by atoms with Crippen LogP contribution in [0.1, 0.15) is 12.6 Å². The average Bonchev–Trinajstić information content (AvgIpc) is 3.10. The minimum Gasteiger partial charge on any atom is -0.497 e. The molecule has 134 valence electrons. The van der Waals surface area contributed by atoms with Crippen LogP contribution in [0, 0.1) is 0 Å². The van der Waals surface area contributed by atoms with Gasteiger partial charge in [-0.05, 0) is 31.2 Å². The third-order valence-electron chi connectivity index (χ3n) is 3.96. The van der Waals surface area contributed by atoms with Gasteiger partial charge in [0.05, 0.1) is 31.3 Å². The summed E-state index contributed by atoms with van der Waals surface area (Å²) in [4.78, 5) is 18.6. The summed E-state index contributed by atoms with van der Waals surface area (Å²) in [5.74, 6) is 2.61. The van der Waals surface area contributed by atoms with Crippen molar-refractivity contribution in [3.63, 3.8) is 0 Å². The van der Waals surface area contributed by atoms with E-state index >= 15 is 0 Å². The highest BCUT2D eigenvalue weighted by atomic mass is 32.2. The second-order valence-electron chi connectivity index (χ2n) is 5.89. The second kappa shape index (κ2) is 8.40. The van der Waals surface area contributed by atoms with E-state index in [0.717, 1.165) is 17.0 Å². The van der Waals surface area contributed by atoms with Gasteiger partial charge in [0.15, 0.2) is 0 Å². The van der Waals surface area contributed by atoms with E-state index in [4.69, 9.17) is 13.9 Å². The summed E-state index contributed by atoms with van der Waals surface area (Å²) in [5.41, 5.74) is 1.73. The number of hydrogen-bond acceptors (Lipinski definition) is 6. The topological polar surface area (TPSA) is 64.8 Å². The molecule has 0 radical (unpaired) electrons. The lowest BCUT2D eigenvalue weighted by Crippen LogP contribution is -2.45. The standard InChI is InChI=1S/C18H22N2O4S/c1-13-9-20(7-8-23-13)17(21)12-25-11-15-10-24-18(19-15)14-3-5-16(22-2)6-4-14/h3-6,10,13H,7-9,11-12H2,1-2H3/t13-/m0/s1. The van der Waals surface area contributed by atoms with E-state index in [0.29, 0.717) is 37.1 Å². The largest absolute Gasteiger partial charge is 0.497 e. The average molecular weight is 362 g/mol. The number of morpholine rings is 1. The normalized spacial score (nSPS) is 17.5. The highest BCUT2D eigenvalue weighted by molar-refractivity contribution is 7.99. The number of hydrogen-bond donors (Lipinski definition) is 0. The first-order valence-electron chi connectivity index (χ1n) is 8.21. The Bertz CT molecular complexity index is 701. The quantitative estimate of drug-likeness (QED) is 0.787. The van der Waals surface area contributed by atoms with Crippen molar-refractivity contribution in [2.75, 3.05) is 32.6 Å². The van der Waals surface area contributed by atoms with Gasteiger partial charge >= 0.3 is 0 Å². The summed E-state index contributed by atoms with van der Waals surface area (Å²) in [5, 5.41) is 0. The first kappa shape index (κ1) is 17.8. The fourth-order valence-electron chi connectivity index (χ4n) is 2.62. The van der Waals surface area contributed by atoms with E-state index in [-0.39, 0.29) is 12.0 Å². The number of rotatable bonds is 6. The molecule has 1 atom stereocenters. The van der Waals surface area contributed by atoms with Crippen LogP contribution >= 0.6 is 11.8 Å². The number of carbonyl (C=O) groups is 1. The lowest BCUT2D eigenvalue weighted by atomic mass is 10.2. The summed E-state index contributed by atoms with van der Waals surface area (Å²) in [6.07, 6.45) is 1.76. The maximum Gasteiger partial charge on any atom is 0.232 e. The number of nitrogens with zero attached hydrogens (tertiary/aromatic N) is 2. The Balaban J connectivity index is 1.49. The van der Waals surface area contributed by atoms with Crippen LogP contribution in [0.25, 0.3) is 11.5 Å². The van der Waals surface area contributed by atoms with Crippen molar-refractivity contribution in [2.24, 2.45) is 0 Å². The third-order valence-corrected chi connectivity index (χ3v) is 4.91. The Labute approximate surface area is 151 Å². The Morgan fingerprint density at radius 1 is 1.40 bits per heavy atom. The number of ether oxygens (including phenoxy) is 2. The van der Waals surface area contributed by atoms with Crippen LogP contribution in [0.2, 0.25) is 0 Å². The molecule has 0 saturated carbocycles. The van der Waals surface area contributed by atoms with Crippen LogP contribution in [-0.4, -0.2) is 54.5 Å². The van der Waals surface area contributed by atoms with E-state index in [9.17, 15) is 4.79 Å². The number of aromatic nitrogens is 1. The van der Waals surface area contributed by atoms with Gasteiger partial charge in [0, 0.05) is 24.4 Å². The minimum atomic E-state index is 0.116. The molecule has 2 heterocycles. The third kappa shape index (κ3) is 4.76. The van der Waals surface area contributed by atoms with E-state index < -0.39 is 0 Å². The smallest absolute Gasteiger partial charge is 0.232 e. The zero-order valence-corrected chi connectivity index (χ0v) is 15.3. The van der Waals surface area contributed by atoms with E-state index in [2.05, 4.69) is 4.98 Å². The fourth-order valence-corrected chi connectivity index (χ4v) is 3.42. The molecule has 0 aliphatic carbocycles. The molecule has 7 heteroatoms. The molecule has 2 aromatic rings. The molecule has 1 aromatic carbocycles. The van der Waals surface area contributed by atoms with Crippen molar-refractivity contribution in [2.45, 2.75) is 18.8 Å². The Morgan fingerprint density at radius 2 is 2.20 bits per heavy atom. The van der Waals surface area contributed by atoms with Crippen LogP contribution in [0.5, 0.6) is 5.75 Å². The molecule has 1 aromatic heterocycles. The summed E-state index contributed by atoms with van der Waals surface area (Å²) >= 11 is 1.55. The molecule has 0 N–H and O–H groups in total. The predicted octanol–water partition coefficient (Wildman–Crippen LogP) is 2.83. The SMILES string of the molecule is COc1ccc(-c2nc(CSCC(=O)N3CCO[C@@H](C)C3)co2)cc1. The highest BCUT2D eigenvalue weighted by Crippen LogP contribution is 2.23. The number of carbonyl (C=O) groups excluding carboxylic acids is 1. The van der Waals surface area contributed by atoms with Crippen molar-refractivity contribution in [3.05, 3.63) is 36.2 Å². The van der Waals surface area contributed by atoms with Crippen molar-refractivity contribution >= 4 is 17.7 Å². The first-order valence-corrected chi connectivity index (χ1v) is 9.37. The lowest BCUT2D eigenvalue weighted by molar-refractivity contribution is -0.135. The molecule has 1 fully saturated rings. The van der Waals surface area contributed by atoms with Gasteiger partial charge in [0.25, 0.3) is 0 Å². The van der Waals surface area contributed by atoms with Crippen molar-refractivity contribution in [3.8, 4) is 17.2 Å². The maximum absolute atomic E-state index is 12.2. The molecule has 25 heavy (non-hydrogen) atoms. The molecule has 0 unspecified atom stereocenters. The fraction of sp³-hybridized carbons (Fsp3) is 0.444. The van der Waals surface area contributed by atoms with Gasteiger partial charge in [-0.1, -0.05) is 0 Å². The molecule has 1 saturated heterocycles. The molecular weight excluding hydrogens is 340 g/mol. The molecular formula is C18H22N2O4S. The van der Waals surface area contributed by atoms with Gasteiger partial charge in [0.1, 0.15) is 12.0 Å². The summed E-state index contributed by atoms with van der Waals surface area (Å²) in [7, 11) is 1.63. The number of thioether (sulfide) groups is 1. The minimum absolute atomic E-state index is 0.116. The maximum atomic E-state index is 12.2. The zero-order valence-electron chi connectivity index (χ0n) is 14.4. The van der Waals surface area contributed by atoms with Crippen LogP contribution in [0.3, 0.4) is 0 Å². The second-order valence-corrected chi connectivity index (χ2v) is 6.87. The molecule has 6 nitrogen and oxygen atoms in total. The molecule has 1 aliphatic rings. The van der Waals surface area contributed by atoms with E-state index in [1.807, 2.05) is 36.1 Å². The van der Waals surface area contributed by atoms with Gasteiger partial charge in [0.2, 0.25) is 11.8 Å². The van der Waals surface area contributed by atoms with Gasteiger partial charge in [-0.25, -0.2) is 4.98 Å². The van der Waals surface area contributed by atoms with Crippen LogP contribution < -0.4 is 4.74 Å². The Morgan fingerprint density at radius 3 is 2.92 bits per heavy atom. The van der Waals surface area contributed by atoms with Crippen LogP contribution in [0.15, 0.2) is 34.9 Å². The Kier molecular flexibility index (Phi) is 5.99. The molecule has 0 bridgehead atoms. The van der Waals surface area contributed by atoms with Gasteiger partial charge in [-0.3, -0.25) is 4.79 Å². The zero-order chi connectivity index (χ0) is 17.6. The summed E-state index contributed by atoms with van der Waals surface area (Å²) in [6.45, 7) is 3.95. The van der Waals surface area contributed by atoms with Crippen LogP contribution in [-0.2, 0) is 15.3 Å². The number of oxazole rings is 1. The van der Waals surface area contributed by atoms with Crippen molar-refractivity contribution in [1.82, 2.24) is 9.88 Å². The van der Waals surface area contributed by atoms with Crippen LogP contribution in [0.4, 0.5) is 0 Å². The molecule has 1 aliphatic heterocycles. The summed E-state index contributed by atoms with van der Waals surface area (Å²) < 4.78 is 16.1. The molecule has 0 spiro atoms. The van der Waals surface area contributed by atoms with Crippen molar-refractivity contribution < 1.29 is 18.7 Å². The molecule has 1 amide bonds. The van der Waals surface area contributed by atoms with Crippen molar-refractivity contribution in [1.29, 1.82) is 0 Å². The first-order chi connectivity index (χ1) is 12.2. The number of benzene rings is 1. The van der Waals surface area contributed by atoms with Gasteiger partial charge in [-0.15, -0.1) is 11.8 Å². The molecule has 3 rings (SSSR count). The van der Waals surface area contributed by atoms with Gasteiger partial charge in [-0.2, -0.15) is 0 Å². The predicted molar refractivity (Wildman–Crippen MR) is 96.6 cm³/mol. The number of amides is 1. The summed E-state index contributed by atoms with van der Waals surface area (Å²) in [6, 6.07) is 7.56. The monoisotopic (exact) mass is 362 g/mol. The highest BCUT2D eigenvalue weighted by Gasteiger charge is 2.21. The number of methoxy groups -OCH3 is 1. The van der Waals surface area contributed by atoms with E-state index in [1.165, 1.54) is 0 Å². The Hall–Kier alpha value is -1.99. The van der Waals surface area contributed by atoms with E-state index in [1.54, 1.807) is 25.1 Å².